The first-order valence-electron chi connectivity index (χ1n) is 12.7. The average molecular weight is 615 g/mol. The predicted molar refractivity (Wildman–Crippen MR) is 159 cm³/mol. The van der Waals surface area contributed by atoms with E-state index >= 15 is 0 Å². The van der Waals surface area contributed by atoms with Gasteiger partial charge in [-0.3, -0.25) is 9.89 Å². The molecule has 1 aliphatic heterocycles. The number of likely N-dealkylation sites (N-methyl/N-ethyl adjacent to an activating group) is 1. The number of piperazine rings is 1. The Balaban J connectivity index is 1.48. The Bertz CT molecular complexity index is 1670. The zero-order chi connectivity index (χ0) is 29.9. The van der Waals surface area contributed by atoms with E-state index in [2.05, 4.69) is 46.7 Å². The van der Waals surface area contributed by atoms with Crippen LogP contribution in [0, 0.1) is 0 Å². The molecular formula is C26H28ClN8O6P. The minimum atomic E-state index is -4.72. The monoisotopic (exact) mass is 614 g/mol. The van der Waals surface area contributed by atoms with Crippen LogP contribution in [0.4, 0.5) is 23.0 Å². The fourth-order valence-corrected chi connectivity index (χ4v) is 4.80. The van der Waals surface area contributed by atoms with E-state index in [4.69, 9.17) is 31.1 Å². The van der Waals surface area contributed by atoms with Gasteiger partial charge < -0.3 is 35.0 Å². The van der Waals surface area contributed by atoms with E-state index in [1.165, 1.54) is 6.08 Å². The third-order valence-electron chi connectivity index (χ3n) is 6.45. The van der Waals surface area contributed by atoms with Crippen LogP contribution in [-0.4, -0.2) is 80.8 Å². The van der Waals surface area contributed by atoms with Crippen molar-refractivity contribution in [2.75, 3.05) is 55.6 Å². The molecule has 220 valence electrons. The first-order valence-corrected chi connectivity index (χ1v) is 14.6. The summed E-state index contributed by atoms with van der Waals surface area (Å²) in [4.78, 5) is 43.5. The fourth-order valence-electron chi connectivity index (χ4n) is 4.40. The number of hydrogen-bond donors (Lipinski definition) is 5. The van der Waals surface area contributed by atoms with Crippen molar-refractivity contribution in [2.24, 2.45) is 0 Å². The second-order valence-corrected chi connectivity index (χ2v) is 11.0. The maximum Gasteiger partial charge on any atom is 0.472 e. The summed E-state index contributed by atoms with van der Waals surface area (Å²) in [7, 11) is -2.68. The van der Waals surface area contributed by atoms with Crippen LogP contribution in [0.5, 0.6) is 5.75 Å². The lowest BCUT2D eigenvalue weighted by Crippen LogP contribution is -2.44. The number of fused-ring (bicyclic) bond motifs is 1. The number of H-pyrrole nitrogens is 1. The van der Waals surface area contributed by atoms with E-state index in [1.807, 2.05) is 25.2 Å². The van der Waals surface area contributed by atoms with Gasteiger partial charge in [-0.15, -0.1) is 0 Å². The molecule has 14 nitrogen and oxygen atoms in total. The molecule has 1 aliphatic rings. The van der Waals surface area contributed by atoms with E-state index in [-0.39, 0.29) is 17.0 Å². The molecule has 16 heteroatoms. The van der Waals surface area contributed by atoms with Crippen LogP contribution in [0.3, 0.4) is 0 Å². The van der Waals surface area contributed by atoms with Gasteiger partial charge in [0.1, 0.15) is 10.9 Å². The SMILES string of the molecule is C=CC(=O)Nc1cccc(-c2nc(Nc3ccc(N4CCN(C)CC4)c(OCOP(=O)(O)O)c3)nc3n[nH]c(Cl)c23)c1. The number of aromatic amines is 1. The maximum atomic E-state index is 11.8. The number of carbonyl (C=O) groups is 1. The Kier molecular flexibility index (Phi) is 8.73. The summed E-state index contributed by atoms with van der Waals surface area (Å²) in [5.74, 6) is 0.201. The normalized spacial score (nSPS) is 14.1. The molecular weight excluding hydrogens is 587 g/mol. The van der Waals surface area contributed by atoms with Gasteiger partial charge in [-0.1, -0.05) is 30.3 Å². The number of carbonyl (C=O) groups excluding carboxylic acids is 1. The highest BCUT2D eigenvalue weighted by atomic mass is 35.5. The van der Waals surface area contributed by atoms with Crippen molar-refractivity contribution in [2.45, 2.75) is 0 Å². The second kappa shape index (κ2) is 12.4. The summed E-state index contributed by atoms with van der Waals surface area (Å²) in [5.41, 5.74) is 3.26. The number of amides is 1. The number of phosphoric ester groups is 1. The third-order valence-corrected chi connectivity index (χ3v) is 7.17. The summed E-state index contributed by atoms with van der Waals surface area (Å²) in [6.07, 6.45) is 1.18. The zero-order valence-electron chi connectivity index (χ0n) is 22.5. The molecule has 5 rings (SSSR count). The van der Waals surface area contributed by atoms with Gasteiger partial charge in [0.25, 0.3) is 0 Å². The lowest BCUT2D eigenvalue weighted by Gasteiger charge is -2.35. The van der Waals surface area contributed by atoms with Gasteiger partial charge in [-0.2, -0.15) is 10.1 Å². The van der Waals surface area contributed by atoms with E-state index in [0.717, 1.165) is 31.9 Å². The summed E-state index contributed by atoms with van der Waals surface area (Å²) >= 11 is 6.40. The third kappa shape index (κ3) is 7.05. The Morgan fingerprint density at radius 2 is 1.95 bits per heavy atom. The molecule has 0 bridgehead atoms. The van der Waals surface area contributed by atoms with Crippen LogP contribution in [0.25, 0.3) is 22.3 Å². The molecule has 0 radical (unpaired) electrons. The number of anilines is 4. The molecule has 0 unspecified atom stereocenters. The molecule has 2 aromatic heterocycles. The molecule has 42 heavy (non-hydrogen) atoms. The Morgan fingerprint density at radius 1 is 1.17 bits per heavy atom. The molecule has 5 N–H and O–H groups in total. The summed E-state index contributed by atoms with van der Waals surface area (Å²) in [5, 5.41) is 13.5. The number of aromatic nitrogens is 4. The van der Waals surface area contributed by atoms with Crippen LogP contribution in [0.1, 0.15) is 0 Å². The second-order valence-electron chi connectivity index (χ2n) is 9.39. The van der Waals surface area contributed by atoms with Crippen molar-refractivity contribution >= 4 is 59.4 Å². The van der Waals surface area contributed by atoms with Gasteiger partial charge in [0.2, 0.25) is 11.9 Å². The van der Waals surface area contributed by atoms with Gasteiger partial charge in [-0.25, -0.2) is 14.1 Å². The summed E-state index contributed by atoms with van der Waals surface area (Å²) in [6.45, 7) is 6.01. The molecule has 2 aromatic carbocycles. The number of nitrogens with zero attached hydrogens (tertiary/aromatic N) is 5. The van der Waals surface area contributed by atoms with Crippen molar-refractivity contribution in [3.63, 3.8) is 0 Å². The van der Waals surface area contributed by atoms with Gasteiger partial charge in [0.05, 0.1) is 16.8 Å². The molecule has 0 aliphatic carbocycles. The maximum absolute atomic E-state index is 11.8. The van der Waals surface area contributed by atoms with Gasteiger partial charge in [0, 0.05) is 49.2 Å². The number of benzene rings is 2. The van der Waals surface area contributed by atoms with Crippen molar-refractivity contribution in [1.82, 2.24) is 25.1 Å². The van der Waals surface area contributed by atoms with E-state index in [0.29, 0.717) is 39.4 Å². The number of hydrogen-bond acceptors (Lipinski definition) is 10. The standard InChI is InChI=1S/C26H28ClN8O6P/c1-3-21(36)28-17-6-4-5-16(13-17)23-22-24(27)32-33-25(22)31-26(30-23)29-18-7-8-19(35-11-9-34(2)10-12-35)20(14-18)40-15-41-42(37,38)39/h3-8,13-14H,1,9-12,15H2,2H3,(H,28,36)(H2,37,38,39)(H2,29,30,31,32,33). The smallest absolute Gasteiger partial charge is 0.465 e. The minimum Gasteiger partial charge on any atom is -0.465 e. The molecule has 0 saturated carbocycles. The molecule has 1 fully saturated rings. The summed E-state index contributed by atoms with van der Waals surface area (Å²) < 4.78 is 21.4. The van der Waals surface area contributed by atoms with Crippen LogP contribution < -0.4 is 20.3 Å². The van der Waals surface area contributed by atoms with Gasteiger partial charge >= 0.3 is 7.82 Å². The number of rotatable bonds is 10. The molecule has 0 spiro atoms. The molecule has 3 heterocycles. The highest BCUT2D eigenvalue weighted by Crippen LogP contribution is 2.38. The number of halogens is 1. The predicted octanol–water partition coefficient (Wildman–Crippen LogP) is 3.74. The Morgan fingerprint density at radius 3 is 2.69 bits per heavy atom. The highest BCUT2D eigenvalue weighted by molar-refractivity contribution is 7.46. The lowest BCUT2D eigenvalue weighted by molar-refractivity contribution is -0.111. The van der Waals surface area contributed by atoms with Crippen LogP contribution >= 0.6 is 19.4 Å². The molecule has 0 atom stereocenters. The first kappa shape index (κ1) is 29.5. The average Bonchev–Trinajstić information content (AvgIpc) is 3.33. The zero-order valence-corrected chi connectivity index (χ0v) is 24.1. The van der Waals surface area contributed by atoms with Crippen molar-refractivity contribution in [3.05, 3.63) is 60.3 Å². The fraction of sp³-hybridized carbons (Fsp3) is 0.231. The number of ether oxygens (including phenoxy) is 1. The van der Waals surface area contributed by atoms with Crippen LogP contribution in [0.2, 0.25) is 5.15 Å². The molecule has 4 aromatic rings. The van der Waals surface area contributed by atoms with E-state index in [1.54, 1.807) is 24.3 Å². The van der Waals surface area contributed by atoms with Gasteiger partial charge in [0.15, 0.2) is 12.4 Å². The lowest BCUT2D eigenvalue weighted by atomic mass is 10.1. The summed E-state index contributed by atoms with van der Waals surface area (Å²) in [6, 6.07) is 12.4. The number of phosphoric acid groups is 1. The Hall–Kier alpha value is -4.04. The van der Waals surface area contributed by atoms with Crippen molar-refractivity contribution in [1.29, 1.82) is 0 Å². The van der Waals surface area contributed by atoms with Crippen LogP contribution in [-0.2, 0) is 13.9 Å². The topological polar surface area (TPSA) is 178 Å². The van der Waals surface area contributed by atoms with E-state index < -0.39 is 14.6 Å². The number of nitrogens with one attached hydrogen (secondary N) is 3. The molecule has 1 amide bonds. The quantitative estimate of drug-likeness (QED) is 0.0994. The highest BCUT2D eigenvalue weighted by Gasteiger charge is 2.21. The Labute approximate surface area is 245 Å². The van der Waals surface area contributed by atoms with Crippen molar-refractivity contribution in [3.8, 4) is 17.0 Å². The van der Waals surface area contributed by atoms with Gasteiger partial charge in [-0.05, 0) is 37.4 Å². The largest absolute Gasteiger partial charge is 0.472 e. The minimum absolute atomic E-state index is 0.200. The van der Waals surface area contributed by atoms with Crippen LogP contribution in [0.15, 0.2) is 55.1 Å². The van der Waals surface area contributed by atoms with Crippen molar-refractivity contribution < 1.29 is 28.4 Å². The molecule has 1 saturated heterocycles. The van der Waals surface area contributed by atoms with E-state index in [9.17, 15) is 9.36 Å². The first-order chi connectivity index (χ1) is 20.1.